The lowest BCUT2D eigenvalue weighted by Crippen LogP contribution is -2.33. The largest absolute Gasteiger partial charge is 0.481 e. The standard InChI is InChI=1S/C20H22N4O3/c1-13(8-9-14-6-4-3-5-7-14)23-20(25)17-18(24-27-19(17)21)15-10-11-16(26-2)22-12-15/h3-7,10-13H,8-9,21H2,1-2H3,(H,23,25). The molecule has 0 aliphatic rings. The van der Waals surface area contributed by atoms with E-state index in [4.69, 9.17) is 15.0 Å². The maximum Gasteiger partial charge on any atom is 0.259 e. The fraction of sp³-hybridized carbons (Fsp3) is 0.250. The van der Waals surface area contributed by atoms with Crippen LogP contribution in [0.3, 0.4) is 0 Å². The number of carbonyl (C=O) groups is 1. The van der Waals surface area contributed by atoms with Crippen molar-refractivity contribution in [3.05, 3.63) is 59.8 Å². The number of carbonyl (C=O) groups excluding carboxylic acids is 1. The molecule has 0 aliphatic carbocycles. The predicted molar refractivity (Wildman–Crippen MR) is 102 cm³/mol. The lowest BCUT2D eigenvalue weighted by atomic mass is 10.1. The third-order valence-electron chi connectivity index (χ3n) is 4.25. The van der Waals surface area contributed by atoms with Gasteiger partial charge < -0.3 is 20.3 Å². The molecule has 2 heterocycles. The van der Waals surface area contributed by atoms with Gasteiger partial charge in [-0.05, 0) is 31.4 Å². The van der Waals surface area contributed by atoms with Crippen LogP contribution in [-0.2, 0) is 6.42 Å². The molecular weight excluding hydrogens is 344 g/mol. The number of methoxy groups -OCH3 is 1. The van der Waals surface area contributed by atoms with Crippen LogP contribution in [-0.4, -0.2) is 29.2 Å². The molecule has 140 valence electrons. The lowest BCUT2D eigenvalue weighted by Gasteiger charge is -2.14. The fourth-order valence-corrected chi connectivity index (χ4v) is 2.76. The van der Waals surface area contributed by atoms with Gasteiger partial charge in [-0.15, -0.1) is 0 Å². The molecule has 1 atom stereocenters. The summed E-state index contributed by atoms with van der Waals surface area (Å²) in [5, 5.41) is 6.88. The first-order valence-electron chi connectivity index (χ1n) is 8.69. The van der Waals surface area contributed by atoms with Gasteiger partial charge in [0.2, 0.25) is 11.8 Å². The second-order valence-corrected chi connectivity index (χ2v) is 6.26. The third-order valence-corrected chi connectivity index (χ3v) is 4.25. The Morgan fingerprint density at radius 1 is 1.26 bits per heavy atom. The van der Waals surface area contributed by atoms with Gasteiger partial charge in [0.15, 0.2) is 0 Å². The Morgan fingerprint density at radius 3 is 2.70 bits per heavy atom. The van der Waals surface area contributed by atoms with Crippen molar-refractivity contribution in [2.75, 3.05) is 12.8 Å². The highest BCUT2D eigenvalue weighted by molar-refractivity contribution is 6.03. The zero-order valence-corrected chi connectivity index (χ0v) is 15.3. The van der Waals surface area contributed by atoms with Crippen LogP contribution in [0.15, 0.2) is 53.2 Å². The van der Waals surface area contributed by atoms with Crippen LogP contribution in [0.4, 0.5) is 5.88 Å². The van der Waals surface area contributed by atoms with Crippen molar-refractivity contribution in [3.8, 4) is 17.1 Å². The van der Waals surface area contributed by atoms with E-state index in [1.165, 1.54) is 12.7 Å². The van der Waals surface area contributed by atoms with Crippen molar-refractivity contribution in [2.45, 2.75) is 25.8 Å². The van der Waals surface area contributed by atoms with Gasteiger partial charge in [0.25, 0.3) is 5.91 Å². The number of nitrogens with zero attached hydrogens (tertiary/aromatic N) is 2. The number of nitrogen functional groups attached to an aromatic ring is 1. The Morgan fingerprint density at radius 2 is 2.04 bits per heavy atom. The monoisotopic (exact) mass is 366 g/mol. The molecule has 0 bridgehead atoms. The first kappa shape index (κ1) is 18.4. The van der Waals surface area contributed by atoms with Gasteiger partial charge in [-0.2, -0.15) is 0 Å². The molecule has 0 saturated heterocycles. The molecule has 0 saturated carbocycles. The first-order chi connectivity index (χ1) is 13.1. The van der Waals surface area contributed by atoms with E-state index in [2.05, 4.69) is 27.6 Å². The maximum atomic E-state index is 12.7. The highest BCUT2D eigenvalue weighted by atomic mass is 16.5. The summed E-state index contributed by atoms with van der Waals surface area (Å²) < 4.78 is 10.1. The summed E-state index contributed by atoms with van der Waals surface area (Å²) in [5.74, 6) is 0.129. The Kier molecular flexibility index (Phi) is 5.71. The van der Waals surface area contributed by atoms with E-state index in [1.54, 1.807) is 18.3 Å². The van der Waals surface area contributed by atoms with Crippen molar-refractivity contribution >= 4 is 11.8 Å². The van der Waals surface area contributed by atoms with Gasteiger partial charge in [-0.3, -0.25) is 4.79 Å². The lowest BCUT2D eigenvalue weighted by molar-refractivity contribution is 0.0939. The molecule has 7 nitrogen and oxygen atoms in total. The summed E-state index contributed by atoms with van der Waals surface area (Å²) in [6.07, 6.45) is 3.24. The summed E-state index contributed by atoms with van der Waals surface area (Å²) >= 11 is 0. The maximum absolute atomic E-state index is 12.7. The summed E-state index contributed by atoms with van der Waals surface area (Å²) in [7, 11) is 1.53. The molecule has 27 heavy (non-hydrogen) atoms. The number of aryl methyl sites for hydroxylation is 1. The molecule has 0 fully saturated rings. The van der Waals surface area contributed by atoms with Crippen LogP contribution < -0.4 is 15.8 Å². The molecule has 3 N–H and O–H groups in total. The first-order valence-corrected chi connectivity index (χ1v) is 8.69. The fourth-order valence-electron chi connectivity index (χ4n) is 2.76. The molecule has 0 spiro atoms. The van der Waals surface area contributed by atoms with E-state index in [9.17, 15) is 4.79 Å². The Hall–Kier alpha value is -3.35. The Bertz CT molecular complexity index is 891. The van der Waals surface area contributed by atoms with E-state index < -0.39 is 0 Å². The van der Waals surface area contributed by atoms with Crippen LogP contribution in [0, 0.1) is 0 Å². The number of aromatic nitrogens is 2. The molecule has 0 radical (unpaired) electrons. The van der Waals surface area contributed by atoms with Crippen molar-refractivity contribution in [1.82, 2.24) is 15.5 Å². The Labute approximate surface area is 157 Å². The van der Waals surface area contributed by atoms with Crippen LogP contribution in [0.1, 0.15) is 29.3 Å². The summed E-state index contributed by atoms with van der Waals surface area (Å²) in [5.41, 5.74) is 8.27. The van der Waals surface area contributed by atoms with Gasteiger partial charge in [-0.25, -0.2) is 4.98 Å². The quantitative estimate of drug-likeness (QED) is 0.666. The number of pyridine rings is 1. The number of hydrogen-bond acceptors (Lipinski definition) is 6. The number of benzene rings is 1. The highest BCUT2D eigenvalue weighted by Gasteiger charge is 2.23. The van der Waals surface area contributed by atoms with Gasteiger partial charge >= 0.3 is 0 Å². The average molecular weight is 366 g/mol. The molecule has 3 rings (SSSR count). The van der Waals surface area contributed by atoms with Crippen LogP contribution in [0.5, 0.6) is 5.88 Å². The van der Waals surface area contributed by atoms with E-state index in [1.807, 2.05) is 25.1 Å². The molecule has 7 heteroatoms. The van der Waals surface area contributed by atoms with E-state index >= 15 is 0 Å². The minimum Gasteiger partial charge on any atom is -0.481 e. The van der Waals surface area contributed by atoms with Crippen molar-refractivity contribution in [2.24, 2.45) is 0 Å². The smallest absolute Gasteiger partial charge is 0.259 e. The molecular formula is C20H22N4O3. The van der Waals surface area contributed by atoms with Gasteiger partial charge in [0.1, 0.15) is 11.3 Å². The molecule has 1 amide bonds. The molecule has 0 aliphatic heterocycles. The van der Waals surface area contributed by atoms with Crippen molar-refractivity contribution in [1.29, 1.82) is 0 Å². The van der Waals surface area contributed by atoms with Gasteiger partial charge in [0, 0.05) is 23.9 Å². The van der Waals surface area contributed by atoms with Gasteiger partial charge in [-0.1, -0.05) is 35.5 Å². The predicted octanol–water partition coefficient (Wildman–Crippen LogP) is 3.08. The number of amides is 1. The number of ether oxygens (including phenoxy) is 1. The molecule has 1 aromatic carbocycles. The number of rotatable bonds is 7. The topological polar surface area (TPSA) is 103 Å². The van der Waals surface area contributed by atoms with Crippen LogP contribution in [0.25, 0.3) is 11.3 Å². The average Bonchev–Trinajstić information content (AvgIpc) is 3.09. The molecule has 1 unspecified atom stereocenters. The third kappa shape index (κ3) is 4.44. The van der Waals surface area contributed by atoms with Crippen molar-refractivity contribution in [3.63, 3.8) is 0 Å². The molecule has 2 aromatic heterocycles. The summed E-state index contributed by atoms with van der Waals surface area (Å²) in [4.78, 5) is 16.9. The zero-order valence-electron chi connectivity index (χ0n) is 15.3. The van der Waals surface area contributed by atoms with Crippen LogP contribution >= 0.6 is 0 Å². The summed E-state index contributed by atoms with van der Waals surface area (Å²) in [6.45, 7) is 1.96. The zero-order chi connectivity index (χ0) is 19.2. The van der Waals surface area contributed by atoms with Crippen molar-refractivity contribution < 1.29 is 14.1 Å². The van der Waals surface area contributed by atoms with Crippen LogP contribution in [0.2, 0.25) is 0 Å². The summed E-state index contributed by atoms with van der Waals surface area (Å²) in [6, 6.07) is 13.5. The number of hydrogen-bond donors (Lipinski definition) is 2. The Balaban J connectivity index is 1.70. The van der Waals surface area contributed by atoms with E-state index in [0.29, 0.717) is 17.1 Å². The second-order valence-electron chi connectivity index (χ2n) is 6.26. The second kappa shape index (κ2) is 8.35. The number of anilines is 1. The SMILES string of the molecule is COc1ccc(-c2noc(N)c2C(=O)NC(C)CCc2ccccc2)cn1. The molecule has 3 aromatic rings. The normalized spacial score (nSPS) is 11.8. The van der Waals surface area contributed by atoms with E-state index in [-0.39, 0.29) is 23.4 Å². The minimum absolute atomic E-state index is 0.0198. The van der Waals surface area contributed by atoms with E-state index in [0.717, 1.165) is 12.8 Å². The number of nitrogens with two attached hydrogens (primary N) is 1. The van der Waals surface area contributed by atoms with Gasteiger partial charge in [0.05, 0.1) is 7.11 Å². The highest BCUT2D eigenvalue weighted by Crippen LogP contribution is 2.27. The minimum atomic E-state index is -0.319. The number of nitrogens with one attached hydrogen (secondary N) is 1.